The summed E-state index contributed by atoms with van der Waals surface area (Å²) < 4.78 is 29.5. The molecule has 0 heterocycles. The molecular weight excluding hydrogens is 661 g/mol. The monoisotopic (exact) mass is 697 g/mol. The number of carbonyl (C=O) groups is 2. The average Bonchev–Trinajstić information content (AvgIpc) is 3.06. The van der Waals surface area contributed by atoms with Crippen molar-refractivity contribution in [1.82, 2.24) is 10.2 Å². The Balaban J connectivity index is 1.82. The Morgan fingerprint density at radius 3 is 2.09 bits per heavy atom. The van der Waals surface area contributed by atoms with Crippen molar-refractivity contribution in [3.63, 3.8) is 0 Å². The van der Waals surface area contributed by atoms with Gasteiger partial charge in [-0.2, -0.15) is 0 Å². The van der Waals surface area contributed by atoms with E-state index >= 15 is 0 Å². The van der Waals surface area contributed by atoms with Gasteiger partial charge in [0.25, 0.3) is 10.0 Å². The predicted octanol–water partition coefficient (Wildman–Crippen LogP) is 7.39. The number of rotatable bonds is 14. The number of benzene rings is 4. The highest BCUT2D eigenvalue weighted by Crippen LogP contribution is 2.29. The standard InChI is InChI=1S/C35H37Cl2N3O4S2/c1-4-21-38-35(42)33(22-26-9-6-5-7-10-26)39(23-30-31(36)11-8-12-32(30)37)34(41)24-40(27-15-13-25(2)14-16-27)46(43,44)29-19-17-28(45-3)18-20-29/h5-20,33H,4,21-24H2,1-3H3,(H,38,42)/t33-/m1/s1. The van der Waals surface area contributed by atoms with Gasteiger partial charge in [-0.1, -0.05) is 84.2 Å². The van der Waals surface area contributed by atoms with Crippen LogP contribution in [0.15, 0.2) is 107 Å². The maximum atomic E-state index is 14.6. The first-order chi connectivity index (χ1) is 22.0. The first-order valence-corrected chi connectivity index (χ1v) is 18.2. The van der Waals surface area contributed by atoms with E-state index in [2.05, 4.69) is 5.32 Å². The number of halogens is 2. The molecule has 1 N–H and O–H groups in total. The summed E-state index contributed by atoms with van der Waals surface area (Å²) in [5.74, 6) is -0.951. The predicted molar refractivity (Wildman–Crippen MR) is 188 cm³/mol. The number of thioether (sulfide) groups is 1. The van der Waals surface area contributed by atoms with Gasteiger partial charge < -0.3 is 10.2 Å². The molecule has 0 aromatic heterocycles. The van der Waals surface area contributed by atoms with Crippen molar-refractivity contribution in [2.75, 3.05) is 23.7 Å². The average molecular weight is 699 g/mol. The first kappa shape index (κ1) is 35.4. The van der Waals surface area contributed by atoms with Crippen LogP contribution in [-0.2, 0) is 32.6 Å². The van der Waals surface area contributed by atoms with Crippen LogP contribution in [0.2, 0.25) is 10.0 Å². The fraction of sp³-hybridized carbons (Fsp3) is 0.257. The summed E-state index contributed by atoms with van der Waals surface area (Å²) in [6.07, 6.45) is 2.80. The molecule has 1 atom stereocenters. The van der Waals surface area contributed by atoms with Gasteiger partial charge in [0.05, 0.1) is 10.6 Å². The lowest BCUT2D eigenvalue weighted by molar-refractivity contribution is -0.140. The minimum Gasteiger partial charge on any atom is -0.354 e. The number of sulfonamides is 1. The molecule has 0 fully saturated rings. The summed E-state index contributed by atoms with van der Waals surface area (Å²) in [6, 6.07) is 26.8. The van der Waals surface area contributed by atoms with Gasteiger partial charge in [0.2, 0.25) is 11.8 Å². The molecule has 4 aromatic rings. The molecule has 4 aromatic carbocycles. The van der Waals surface area contributed by atoms with Crippen LogP contribution in [0.1, 0.15) is 30.0 Å². The van der Waals surface area contributed by atoms with Gasteiger partial charge in [0.15, 0.2) is 0 Å². The number of aryl methyl sites for hydroxylation is 1. The molecule has 0 bridgehead atoms. The summed E-state index contributed by atoms with van der Waals surface area (Å²) in [4.78, 5) is 30.7. The normalized spacial score (nSPS) is 11.9. The molecule has 7 nitrogen and oxygen atoms in total. The second kappa shape index (κ2) is 16.4. The van der Waals surface area contributed by atoms with Crippen LogP contribution < -0.4 is 9.62 Å². The Bertz CT molecular complexity index is 1720. The molecule has 11 heteroatoms. The number of nitrogens with zero attached hydrogens (tertiary/aromatic N) is 2. The molecule has 0 aliphatic rings. The van der Waals surface area contributed by atoms with Gasteiger partial charge in [-0.05, 0) is 73.7 Å². The second-order valence-electron chi connectivity index (χ2n) is 10.7. The molecule has 0 radical (unpaired) electrons. The van der Waals surface area contributed by atoms with E-state index in [0.717, 1.165) is 20.3 Å². The molecule has 46 heavy (non-hydrogen) atoms. The molecule has 0 unspecified atom stereocenters. The van der Waals surface area contributed by atoms with Crippen LogP contribution in [0.3, 0.4) is 0 Å². The van der Waals surface area contributed by atoms with Crippen molar-refractivity contribution < 1.29 is 18.0 Å². The zero-order valence-electron chi connectivity index (χ0n) is 26.0. The van der Waals surface area contributed by atoms with Gasteiger partial charge in [0.1, 0.15) is 12.6 Å². The second-order valence-corrected chi connectivity index (χ2v) is 14.3. The molecule has 2 amide bonds. The number of hydrogen-bond acceptors (Lipinski definition) is 5. The number of hydrogen-bond donors (Lipinski definition) is 1. The zero-order chi connectivity index (χ0) is 33.3. The highest BCUT2D eigenvalue weighted by molar-refractivity contribution is 7.98. The zero-order valence-corrected chi connectivity index (χ0v) is 29.1. The number of amides is 2. The third-order valence-corrected chi connectivity index (χ3v) is 10.7. The van der Waals surface area contributed by atoms with Crippen LogP contribution in [0.25, 0.3) is 0 Å². The summed E-state index contributed by atoms with van der Waals surface area (Å²) in [5.41, 5.74) is 2.54. The van der Waals surface area contributed by atoms with Crippen molar-refractivity contribution in [3.05, 3.63) is 124 Å². The molecule has 0 saturated carbocycles. The smallest absolute Gasteiger partial charge is 0.264 e. The largest absolute Gasteiger partial charge is 0.354 e. The highest BCUT2D eigenvalue weighted by Gasteiger charge is 2.35. The lowest BCUT2D eigenvalue weighted by Crippen LogP contribution is -2.53. The Morgan fingerprint density at radius 1 is 0.870 bits per heavy atom. The van der Waals surface area contributed by atoms with Crippen LogP contribution in [0.4, 0.5) is 5.69 Å². The van der Waals surface area contributed by atoms with Crippen molar-refractivity contribution in [2.45, 2.75) is 49.1 Å². The molecule has 242 valence electrons. The minimum absolute atomic E-state index is 0.0425. The van der Waals surface area contributed by atoms with E-state index in [9.17, 15) is 18.0 Å². The van der Waals surface area contributed by atoms with Crippen molar-refractivity contribution in [1.29, 1.82) is 0 Å². The van der Waals surface area contributed by atoms with Crippen LogP contribution in [-0.4, -0.2) is 50.5 Å². The molecule has 0 saturated heterocycles. The fourth-order valence-electron chi connectivity index (χ4n) is 4.89. The molecular formula is C35H37Cl2N3O4S2. The third-order valence-electron chi connectivity index (χ3n) is 7.46. The Labute approximate surface area is 286 Å². The molecule has 0 aliphatic heterocycles. The minimum atomic E-state index is -4.20. The Hall–Kier alpha value is -3.50. The van der Waals surface area contributed by atoms with Gasteiger partial charge in [-0.15, -0.1) is 11.8 Å². The summed E-state index contributed by atoms with van der Waals surface area (Å²) >= 11 is 14.6. The van der Waals surface area contributed by atoms with Crippen LogP contribution >= 0.6 is 35.0 Å². The molecule has 0 spiro atoms. The lowest BCUT2D eigenvalue weighted by Gasteiger charge is -2.34. The van der Waals surface area contributed by atoms with E-state index in [4.69, 9.17) is 23.2 Å². The van der Waals surface area contributed by atoms with Gasteiger partial charge in [0, 0.05) is 40.0 Å². The van der Waals surface area contributed by atoms with E-state index in [1.807, 2.05) is 50.4 Å². The highest BCUT2D eigenvalue weighted by atomic mass is 35.5. The quantitative estimate of drug-likeness (QED) is 0.139. The summed E-state index contributed by atoms with van der Waals surface area (Å²) in [6.45, 7) is 3.57. The van der Waals surface area contributed by atoms with E-state index in [-0.39, 0.29) is 23.8 Å². The van der Waals surface area contributed by atoms with E-state index in [0.29, 0.717) is 34.3 Å². The van der Waals surface area contributed by atoms with Gasteiger partial charge >= 0.3 is 0 Å². The maximum Gasteiger partial charge on any atom is 0.264 e. The fourth-order valence-corrected chi connectivity index (χ4v) is 7.23. The van der Waals surface area contributed by atoms with Crippen molar-refractivity contribution in [3.8, 4) is 0 Å². The third kappa shape index (κ3) is 8.85. The lowest BCUT2D eigenvalue weighted by atomic mass is 10.0. The first-order valence-electron chi connectivity index (χ1n) is 14.8. The number of carbonyl (C=O) groups excluding carboxylic acids is 2. The Morgan fingerprint density at radius 2 is 1.50 bits per heavy atom. The van der Waals surface area contributed by atoms with Gasteiger partial charge in [-0.25, -0.2) is 8.42 Å². The summed E-state index contributed by atoms with van der Waals surface area (Å²) in [5, 5.41) is 3.59. The van der Waals surface area contributed by atoms with E-state index in [1.54, 1.807) is 54.6 Å². The Kier molecular flexibility index (Phi) is 12.6. The van der Waals surface area contributed by atoms with Crippen LogP contribution in [0, 0.1) is 6.92 Å². The van der Waals surface area contributed by atoms with Crippen molar-refractivity contribution >= 4 is 62.5 Å². The van der Waals surface area contributed by atoms with Crippen molar-refractivity contribution in [2.24, 2.45) is 0 Å². The number of nitrogens with one attached hydrogen (secondary N) is 1. The van der Waals surface area contributed by atoms with E-state index < -0.39 is 28.5 Å². The maximum absolute atomic E-state index is 14.6. The van der Waals surface area contributed by atoms with Crippen LogP contribution in [0.5, 0.6) is 0 Å². The SMILES string of the molecule is CCCNC(=O)[C@@H](Cc1ccccc1)N(Cc1c(Cl)cccc1Cl)C(=O)CN(c1ccc(C)cc1)S(=O)(=O)c1ccc(SC)cc1. The van der Waals surface area contributed by atoms with Gasteiger partial charge in [-0.3, -0.25) is 13.9 Å². The van der Waals surface area contributed by atoms with E-state index in [1.165, 1.54) is 28.8 Å². The summed E-state index contributed by atoms with van der Waals surface area (Å²) in [7, 11) is -4.20. The topological polar surface area (TPSA) is 86.8 Å². The molecule has 0 aliphatic carbocycles. The number of anilines is 1. The molecule has 4 rings (SSSR count).